The van der Waals surface area contributed by atoms with Crippen LogP contribution in [0.15, 0.2) is 18.2 Å². The van der Waals surface area contributed by atoms with Gasteiger partial charge in [0.05, 0.1) is 0 Å². The Hall–Kier alpha value is -2.04. The molecule has 3 rings (SSSR count). The predicted octanol–water partition coefficient (Wildman–Crippen LogP) is 4.34. The second kappa shape index (κ2) is 8.14. The minimum atomic E-state index is -0.486. The summed E-state index contributed by atoms with van der Waals surface area (Å²) in [6, 6.07) is 6.71. The Kier molecular flexibility index (Phi) is 6.01. The van der Waals surface area contributed by atoms with E-state index in [1.54, 1.807) is 4.90 Å². The summed E-state index contributed by atoms with van der Waals surface area (Å²) >= 11 is 0. The van der Waals surface area contributed by atoms with E-state index in [1.165, 1.54) is 16.7 Å². The van der Waals surface area contributed by atoms with Gasteiger partial charge in [-0.15, -0.1) is 0 Å². The zero-order chi connectivity index (χ0) is 20.5. The van der Waals surface area contributed by atoms with E-state index in [4.69, 9.17) is 4.74 Å². The fraction of sp³-hybridized carbons (Fsp3) is 0.652. The molecule has 0 bridgehead atoms. The van der Waals surface area contributed by atoms with Gasteiger partial charge in [0, 0.05) is 32.1 Å². The third-order valence-corrected chi connectivity index (χ3v) is 5.72. The molecule has 0 aliphatic carbocycles. The van der Waals surface area contributed by atoms with Crippen molar-refractivity contribution in [3.05, 3.63) is 34.9 Å². The summed E-state index contributed by atoms with van der Waals surface area (Å²) in [5.41, 5.74) is 3.50. The van der Waals surface area contributed by atoms with Gasteiger partial charge in [-0.2, -0.15) is 0 Å². The Labute approximate surface area is 169 Å². The number of hydrogen-bond acceptors (Lipinski definition) is 3. The fourth-order valence-corrected chi connectivity index (χ4v) is 4.02. The van der Waals surface area contributed by atoms with Crippen molar-refractivity contribution < 1.29 is 14.3 Å². The first-order chi connectivity index (χ1) is 13.1. The Bertz CT molecular complexity index is 728. The maximum atomic E-state index is 13.1. The maximum Gasteiger partial charge on any atom is 0.410 e. The molecule has 2 aliphatic heterocycles. The molecule has 2 amide bonds. The molecule has 0 aromatic heterocycles. The largest absolute Gasteiger partial charge is 0.444 e. The molecule has 0 radical (unpaired) electrons. The summed E-state index contributed by atoms with van der Waals surface area (Å²) in [4.78, 5) is 29.0. The molecule has 1 aromatic carbocycles. The average molecular weight is 387 g/mol. The molecule has 1 fully saturated rings. The summed E-state index contributed by atoms with van der Waals surface area (Å²) in [5, 5.41) is 0. The first-order valence-corrected chi connectivity index (χ1v) is 10.5. The molecule has 0 spiro atoms. The van der Waals surface area contributed by atoms with Crippen molar-refractivity contribution >= 4 is 12.0 Å². The van der Waals surface area contributed by atoms with E-state index in [1.807, 2.05) is 25.7 Å². The highest BCUT2D eigenvalue weighted by molar-refractivity contribution is 5.79. The van der Waals surface area contributed by atoms with Crippen molar-refractivity contribution in [3.8, 4) is 0 Å². The van der Waals surface area contributed by atoms with Gasteiger partial charge in [-0.05, 0) is 62.6 Å². The maximum absolute atomic E-state index is 13.1. The smallest absolute Gasteiger partial charge is 0.410 e. The number of ether oxygens (including phenoxy) is 1. The molecule has 0 N–H and O–H groups in total. The van der Waals surface area contributed by atoms with Crippen molar-refractivity contribution in [2.24, 2.45) is 5.92 Å². The first kappa shape index (κ1) is 20.7. The number of hydrogen-bond donors (Lipinski definition) is 0. The van der Waals surface area contributed by atoms with Gasteiger partial charge in [0.2, 0.25) is 5.91 Å². The topological polar surface area (TPSA) is 49.9 Å². The van der Waals surface area contributed by atoms with Crippen LogP contribution in [-0.4, -0.2) is 47.0 Å². The molecule has 5 nitrogen and oxygen atoms in total. The van der Waals surface area contributed by atoms with Gasteiger partial charge in [-0.1, -0.05) is 32.0 Å². The third-order valence-electron chi connectivity index (χ3n) is 5.72. The summed E-state index contributed by atoms with van der Waals surface area (Å²) in [6.45, 7) is 12.7. The van der Waals surface area contributed by atoms with Crippen molar-refractivity contribution in [2.45, 2.75) is 71.9 Å². The van der Waals surface area contributed by atoms with Gasteiger partial charge in [0.1, 0.15) is 5.60 Å². The monoisotopic (exact) mass is 386 g/mol. The minimum Gasteiger partial charge on any atom is -0.444 e. The molecular formula is C23H34N2O3. The van der Waals surface area contributed by atoms with Crippen LogP contribution in [-0.2, 0) is 22.5 Å². The minimum absolute atomic E-state index is 0.00789. The Balaban J connectivity index is 1.57. The number of rotatable bonds is 2. The zero-order valence-corrected chi connectivity index (χ0v) is 18.0. The van der Waals surface area contributed by atoms with E-state index in [0.717, 1.165) is 13.0 Å². The predicted molar refractivity (Wildman–Crippen MR) is 110 cm³/mol. The van der Waals surface area contributed by atoms with Crippen LogP contribution in [0, 0.1) is 5.92 Å². The van der Waals surface area contributed by atoms with Gasteiger partial charge in [-0.25, -0.2) is 4.79 Å². The third kappa shape index (κ3) is 4.86. The normalized spacial score (nSPS) is 18.2. The van der Waals surface area contributed by atoms with Crippen LogP contribution < -0.4 is 0 Å². The van der Waals surface area contributed by atoms with Crippen molar-refractivity contribution in [1.82, 2.24) is 9.80 Å². The number of benzene rings is 1. The molecule has 1 aromatic rings. The van der Waals surface area contributed by atoms with Crippen molar-refractivity contribution in [3.63, 3.8) is 0 Å². The van der Waals surface area contributed by atoms with Crippen LogP contribution >= 0.6 is 0 Å². The molecule has 28 heavy (non-hydrogen) atoms. The number of amides is 2. The Morgan fingerprint density at radius 1 is 1.04 bits per heavy atom. The van der Waals surface area contributed by atoms with Crippen LogP contribution in [0.25, 0.3) is 0 Å². The highest BCUT2D eigenvalue weighted by Gasteiger charge is 2.33. The van der Waals surface area contributed by atoms with Crippen molar-refractivity contribution in [1.29, 1.82) is 0 Å². The lowest BCUT2D eigenvalue weighted by molar-refractivity contribution is -0.138. The van der Waals surface area contributed by atoms with E-state index in [-0.39, 0.29) is 17.9 Å². The summed E-state index contributed by atoms with van der Waals surface area (Å²) in [5.74, 6) is 0.742. The first-order valence-electron chi connectivity index (χ1n) is 10.5. The Morgan fingerprint density at radius 2 is 1.71 bits per heavy atom. The molecule has 1 saturated heterocycles. The number of likely N-dealkylation sites (tertiary alicyclic amines) is 1. The van der Waals surface area contributed by atoms with Gasteiger partial charge in [0.25, 0.3) is 0 Å². The van der Waals surface area contributed by atoms with E-state index in [9.17, 15) is 9.59 Å². The summed E-state index contributed by atoms with van der Waals surface area (Å²) in [6.07, 6.45) is 2.09. The molecule has 2 aliphatic rings. The molecule has 0 unspecified atom stereocenters. The van der Waals surface area contributed by atoms with Crippen LogP contribution in [0.4, 0.5) is 4.79 Å². The van der Waals surface area contributed by atoms with E-state index >= 15 is 0 Å². The van der Waals surface area contributed by atoms with Crippen LogP contribution in [0.5, 0.6) is 0 Å². The molecule has 2 heterocycles. The zero-order valence-electron chi connectivity index (χ0n) is 18.0. The fourth-order valence-electron chi connectivity index (χ4n) is 4.02. The quantitative estimate of drug-likeness (QED) is 0.760. The number of piperidine rings is 1. The second-order valence-electron chi connectivity index (χ2n) is 9.43. The SMILES string of the molecule is CC(C)c1ccc2c(c1)CN(C(=O)C1CCN(C(=O)OC(C)(C)C)CC1)CC2. The standard InChI is InChI=1S/C23H34N2O3/c1-16(2)19-7-6-17-8-13-25(15-20(17)14-19)21(26)18-9-11-24(12-10-18)22(27)28-23(3,4)5/h6-7,14,16,18H,8-13,15H2,1-5H3. The van der Waals surface area contributed by atoms with Gasteiger partial charge >= 0.3 is 6.09 Å². The summed E-state index contributed by atoms with van der Waals surface area (Å²) in [7, 11) is 0. The number of nitrogens with zero attached hydrogens (tertiary/aromatic N) is 2. The highest BCUT2D eigenvalue weighted by Crippen LogP contribution is 2.27. The van der Waals surface area contributed by atoms with Gasteiger partial charge < -0.3 is 14.5 Å². The van der Waals surface area contributed by atoms with Crippen molar-refractivity contribution in [2.75, 3.05) is 19.6 Å². The molecule has 5 heteroatoms. The van der Waals surface area contributed by atoms with E-state index in [2.05, 4.69) is 32.0 Å². The lowest BCUT2D eigenvalue weighted by Gasteiger charge is -2.36. The van der Waals surface area contributed by atoms with Gasteiger partial charge in [0.15, 0.2) is 0 Å². The van der Waals surface area contributed by atoms with Crippen LogP contribution in [0.1, 0.15) is 70.1 Å². The lowest BCUT2D eigenvalue weighted by atomic mass is 9.91. The van der Waals surface area contributed by atoms with Gasteiger partial charge in [-0.3, -0.25) is 4.79 Å². The lowest BCUT2D eigenvalue weighted by Crippen LogP contribution is -2.46. The number of carbonyl (C=O) groups excluding carboxylic acids is 2. The van der Waals surface area contributed by atoms with E-state index < -0.39 is 5.60 Å². The van der Waals surface area contributed by atoms with Crippen LogP contribution in [0.2, 0.25) is 0 Å². The van der Waals surface area contributed by atoms with Crippen LogP contribution in [0.3, 0.4) is 0 Å². The summed E-state index contributed by atoms with van der Waals surface area (Å²) < 4.78 is 5.45. The molecule has 0 saturated carbocycles. The Morgan fingerprint density at radius 3 is 2.32 bits per heavy atom. The second-order valence-corrected chi connectivity index (χ2v) is 9.43. The number of fused-ring (bicyclic) bond motifs is 1. The molecule has 154 valence electrons. The average Bonchev–Trinajstić information content (AvgIpc) is 2.65. The molecular weight excluding hydrogens is 352 g/mol. The molecule has 0 atom stereocenters. The highest BCUT2D eigenvalue weighted by atomic mass is 16.6. The van der Waals surface area contributed by atoms with E-state index in [0.29, 0.717) is 38.4 Å². The number of carbonyl (C=O) groups is 2.